The van der Waals surface area contributed by atoms with E-state index in [1.54, 1.807) is 24.1 Å². The van der Waals surface area contributed by atoms with Gasteiger partial charge in [0, 0.05) is 42.7 Å². The van der Waals surface area contributed by atoms with Crippen molar-refractivity contribution in [2.75, 3.05) is 32.1 Å². The fourth-order valence-corrected chi connectivity index (χ4v) is 7.43. The quantitative estimate of drug-likeness (QED) is 0.164. The van der Waals surface area contributed by atoms with Gasteiger partial charge in [0.05, 0.1) is 41.7 Å². The molecule has 2 saturated heterocycles. The molecule has 51 heavy (non-hydrogen) atoms. The van der Waals surface area contributed by atoms with E-state index >= 15 is 0 Å². The van der Waals surface area contributed by atoms with Gasteiger partial charge in [0.25, 0.3) is 11.8 Å². The number of methoxy groups -OCH3 is 1. The number of carbonyl (C=O) groups excluding carboxylic acids is 2. The summed E-state index contributed by atoms with van der Waals surface area (Å²) in [5.74, 6) is 1.59. The number of benzene rings is 3. The van der Waals surface area contributed by atoms with Gasteiger partial charge in [-0.05, 0) is 80.5 Å². The van der Waals surface area contributed by atoms with E-state index in [0.717, 1.165) is 52.8 Å². The predicted octanol–water partition coefficient (Wildman–Crippen LogP) is 6.85. The molecule has 0 aliphatic carbocycles. The summed E-state index contributed by atoms with van der Waals surface area (Å²) in [5, 5.41) is 9.44. The van der Waals surface area contributed by atoms with Crippen LogP contribution < -0.4 is 24.7 Å². The zero-order valence-corrected chi connectivity index (χ0v) is 30.3. The van der Waals surface area contributed by atoms with Crippen molar-refractivity contribution in [3.8, 4) is 17.2 Å². The van der Waals surface area contributed by atoms with Crippen LogP contribution in [-0.2, 0) is 19.6 Å². The van der Waals surface area contributed by atoms with Gasteiger partial charge in [-0.2, -0.15) is 0 Å². The Morgan fingerprint density at radius 3 is 2.37 bits per heavy atom. The highest BCUT2D eigenvalue weighted by Gasteiger charge is 2.36. The van der Waals surface area contributed by atoms with E-state index in [-0.39, 0.29) is 35.3 Å². The van der Waals surface area contributed by atoms with Crippen molar-refractivity contribution in [3.05, 3.63) is 101 Å². The van der Waals surface area contributed by atoms with Crippen molar-refractivity contribution in [3.63, 3.8) is 0 Å². The van der Waals surface area contributed by atoms with Gasteiger partial charge in [-0.1, -0.05) is 48.4 Å². The molecule has 10 nitrogen and oxygen atoms in total. The summed E-state index contributed by atoms with van der Waals surface area (Å²) in [4.78, 5) is 35.1. The van der Waals surface area contributed by atoms with Gasteiger partial charge < -0.3 is 29.3 Å². The van der Waals surface area contributed by atoms with Gasteiger partial charge in [-0.15, -0.1) is 0 Å². The third-order valence-electron chi connectivity index (χ3n) is 10.1. The summed E-state index contributed by atoms with van der Waals surface area (Å²) in [6.45, 7) is 14.9. The van der Waals surface area contributed by atoms with E-state index < -0.39 is 0 Å². The lowest BCUT2D eigenvalue weighted by Gasteiger charge is -2.21. The second-order valence-electron chi connectivity index (χ2n) is 14.5. The van der Waals surface area contributed by atoms with Gasteiger partial charge in [0.2, 0.25) is 0 Å². The van der Waals surface area contributed by atoms with Crippen LogP contribution >= 0.6 is 11.9 Å². The Kier molecular flexibility index (Phi) is 9.60. The maximum atomic E-state index is 13.4. The van der Waals surface area contributed by atoms with Crippen LogP contribution in [0.15, 0.2) is 77.8 Å². The van der Waals surface area contributed by atoms with Crippen LogP contribution in [0.2, 0.25) is 0 Å². The Balaban J connectivity index is 1.10. The first-order valence-electron chi connectivity index (χ1n) is 17.3. The average molecular weight is 708 g/mol. The molecule has 2 fully saturated rings. The van der Waals surface area contributed by atoms with Crippen LogP contribution in [0.3, 0.4) is 0 Å². The molecule has 4 aliphatic heterocycles. The molecule has 0 spiro atoms. The molecule has 0 unspecified atom stereocenters. The highest BCUT2D eigenvalue weighted by atomic mass is 32.2. The number of hydrogen-bond acceptors (Lipinski definition) is 9. The second-order valence-corrected chi connectivity index (χ2v) is 15.8. The first-order chi connectivity index (χ1) is 24.5. The van der Waals surface area contributed by atoms with Crippen molar-refractivity contribution in [1.82, 2.24) is 9.80 Å². The molecule has 0 radical (unpaired) electrons. The van der Waals surface area contributed by atoms with Gasteiger partial charge in [-0.25, -0.2) is 0 Å². The number of fused-ring (bicyclic) bond motifs is 4. The van der Waals surface area contributed by atoms with Crippen molar-refractivity contribution in [1.29, 1.82) is 0 Å². The Labute approximate surface area is 303 Å². The van der Waals surface area contributed by atoms with Crippen molar-refractivity contribution >= 4 is 41.4 Å². The lowest BCUT2D eigenvalue weighted by Crippen LogP contribution is -2.36. The zero-order valence-electron chi connectivity index (χ0n) is 29.5. The smallest absolute Gasteiger partial charge is 0.257 e. The number of anilines is 1. The minimum atomic E-state index is -0.0954. The van der Waals surface area contributed by atoms with Crippen LogP contribution in [0.5, 0.6) is 17.2 Å². The van der Waals surface area contributed by atoms with E-state index in [0.29, 0.717) is 66.7 Å². The SMILES string of the molecule is C=C1C[C@H]2CNc3cc(OCc4cc(CCC(C)(C)SN)cc(COc5cc6c(cc5OC)C(=O)N5CC(=C)C[C@H]5C=N6)c4)ccc3C(=O)N2C1. The highest BCUT2D eigenvalue weighted by molar-refractivity contribution is 7.98. The zero-order chi connectivity index (χ0) is 35.9. The molecule has 3 aromatic rings. The topological polar surface area (TPSA) is 119 Å². The van der Waals surface area contributed by atoms with E-state index in [1.807, 2.05) is 29.3 Å². The molecule has 0 saturated carbocycles. The molecule has 2 atom stereocenters. The minimum Gasteiger partial charge on any atom is -0.493 e. The number of nitrogens with one attached hydrogen (secondary N) is 1. The molecule has 2 amide bonds. The molecular formula is C40H45N5O5S. The summed E-state index contributed by atoms with van der Waals surface area (Å²) in [5.41, 5.74) is 7.70. The second kappa shape index (κ2) is 14.1. The van der Waals surface area contributed by atoms with Gasteiger partial charge >= 0.3 is 0 Å². The van der Waals surface area contributed by atoms with Crippen molar-refractivity contribution in [2.24, 2.45) is 10.1 Å². The third kappa shape index (κ3) is 7.36. The first-order valence-corrected chi connectivity index (χ1v) is 18.2. The first kappa shape index (κ1) is 34.7. The third-order valence-corrected chi connectivity index (χ3v) is 10.9. The van der Waals surface area contributed by atoms with Crippen molar-refractivity contribution in [2.45, 2.75) is 69.6 Å². The van der Waals surface area contributed by atoms with E-state index in [9.17, 15) is 9.59 Å². The lowest BCUT2D eigenvalue weighted by molar-refractivity contribution is 0.0750. The number of amides is 2. The summed E-state index contributed by atoms with van der Waals surface area (Å²) in [6, 6.07) is 15.5. The molecule has 7 rings (SSSR count). The van der Waals surface area contributed by atoms with Crippen LogP contribution in [0, 0.1) is 0 Å². The molecule has 0 aromatic heterocycles. The number of nitrogens with zero attached hydrogens (tertiary/aromatic N) is 3. The Morgan fingerprint density at radius 2 is 1.61 bits per heavy atom. The number of ether oxygens (including phenoxy) is 3. The summed E-state index contributed by atoms with van der Waals surface area (Å²) >= 11 is 1.37. The maximum absolute atomic E-state index is 13.4. The number of carbonyl (C=O) groups is 2. The van der Waals surface area contributed by atoms with E-state index in [1.165, 1.54) is 11.9 Å². The van der Waals surface area contributed by atoms with Gasteiger partial charge in [0.1, 0.15) is 19.0 Å². The van der Waals surface area contributed by atoms with Crippen LogP contribution in [0.4, 0.5) is 11.4 Å². The van der Waals surface area contributed by atoms with Crippen LogP contribution in [-0.4, -0.2) is 71.4 Å². The Morgan fingerprint density at radius 1 is 0.902 bits per heavy atom. The minimum absolute atomic E-state index is 0.0252. The molecule has 4 heterocycles. The molecule has 4 aliphatic rings. The monoisotopic (exact) mass is 707 g/mol. The number of nitrogens with two attached hydrogens (primary N) is 1. The summed E-state index contributed by atoms with van der Waals surface area (Å²) < 4.78 is 18.3. The number of hydrogen-bond donors (Lipinski definition) is 2. The Bertz CT molecular complexity index is 1940. The van der Waals surface area contributed by atoms with Crippen LogP contribution in [0.1, 0.15) is 70.5 Å². The molecule has 266 valence electrons. The number of rotatable bonds is 11. The van der Waals surface area contributed by atoms with Crippen molar-refractivity contribution < 1.29 is 23.8 Å². The van der Waals surface area contributed by atoms with Gasteiger partial charge in [0.15, 0.2) is 11.5 Å². The van der Waals surface area contributed by atoms with E-state index in [2.05, 4.69) is 55.5 Å². The maximum Gasteiger partial charge on any atom is 0.257 e. The Hall–Kier alpha value is -4.74. The number of aryl methyl sites for hydroxylation is 1. The summed E-state index contributed by atoms with van der Waals surface area (Å²) in [6.07, 6.45) is 5.09. The highest BCUT2D eigenvalue weighted by Crippen LogP contribution is 2.39. The average Bonchev–Trinajstić information content (AvgIpc) is 3.63. The van der Waals surface area contributed by atoms with Gasteiger partial charge in [-0.3, -0.25) is 19.7 Å². The predicted molar refractivity (Wildman–Crippen MR) is 203 cm³/mol. The number of aliphatic imine (C=N–C) groups is 1. The molecule has 3 N–H and O–H groups in total. The molecule has 0 bridgehead atoms. The lowest BCUT2D eigenvalue weighted by atomic mass is 9.98. The fraction of sp³-hybridized carbons (Fsp3) is 0.375. The van der Waals surface area contributed by atoms with Crippen LogP contribution in [0.25, 0.3) is 0 Å². The fourth-order valence-electron chi connectivity index (χ4n) is 7.21. The summed E-state index contributed by atoms with van der Waals surface area (Å²) in [7, 11) is 1.57. The largest absolute Gasteiger partial charge is 0.493 e. The normalized spacial score (nSPS) is 19.5. The molecule has 3 aromatic carbocycles. The molecule has 11 heteroatoms. The van der Waals surface area contributed by atoms with E-state index in [4.69, 9.17) is 19.3 Å². The molecular weight excluding hydrogens is 663 g/mol. The standard InChI is InChI=1S/C40H45N5O5S/c1-24-10-29-18-42-34-15-31(6-7-32(34)38(46)44(29)20-24)49-22-27-12-26(8-9-40(3,4)51-41)13-28(14-27)23-50-37-17-35-33(16-36(37)48-5)39(47)45-21-25(2)11-30(45)19-43-35/h6-7,12-17,19,29-30,42H,1-2,8-11,18,20-23,41H2,3-5H3/t29-,30-/m0/s1.